The Bertz CT molecular complexity index is 1180. The van der Waals surface area contributed by atoms with Gasteiger partial charge in [0.25, 0.3) is 5.69 Å². The molecule has 33 heavy (non-hydrogen) atoms. The van der Waals surface area contributed by atoms with E-state index in [1.54, 1.807) is 29.9 Å². The van der Waals surface area contributed by atoms with E-state index >= 15 is 0 Å². The van der Waals surface area contributed by atoms with E-state index in [4.69, 9.17) is 4.74 Å². The first-order chi connectivity index (χ1) is 15.9. The predicted octanol–water partition coefficient (Wildman–Crippen LogP) is 4.99. The molecule has 2 unspecified atom stereocenters. The van der Waals surface area contributed by atoms with Crippen LogP contribution < -0.4 is 9.13 Å². The molecule has 1 aliphatic heterocycles. The van der Waals surface area contributed by atoms with E-state index in [1.807, 2.05) is 30.5 Å². The number of nitrogens with zero attached hydrogens (tertiary/aromatic N) is 2. The summed E-state index contributed by atoms with van der Waals surface area (Å²) in [6, 6.07) is 13.6. The molecule has 3 aromatic rings. The van der Waals surface area contributed by atoms with Crippen LogP contribution in [0.3, 0.4) is 0 Å². The highest BCUT2D eigenvalue weighted by atomic mass is 19.1. The van der Waals surface area contributed by atoms with Crippen LogP contribution in [0.2, 0.25) is 0 Å². The summed E-state index contributed by atoms with van der Waals surface area (Å²) >= 11 is 0. The molecule has 0 bridgehead atoms. The highest BCUT2D eigenvalue weighted by molar-refractivity contribution is 5.85. The maximum atomic E-state index is 15.0. The van der Waals surface area contributed by atoms with Crippen LogP contribution in [-0.4, -0.2) is 12.6 Å². The zero-order valence-corrected chi connectivity index (χ0v) is 19.4. The summed E-state index contributed by atoms with van der Waals surface area (Å²) in [6.07, 6.45) is 6.68. The number of aromatic nitrogens is 2. The van der Waals surface area contributed by atoms with Gasteiger partial charge in [-0.3, -0.25) is 0 Å². The van der Waals surface area contributed by atoms with Gasteiger partial charge in [0.15, 0.2) is 17.9 Å². The third kappa shape index (κ3) is 4.03. The van der Waals surface area contributed by atoms with Gasteiger partial charge < -0.3 is 4.74 Å². The average Bonchev–Trinajstić information content (AvgIpc) is 2.81. The Kier molecular flexibility index (Phi) is 6.54. The second-order valence-electron chi connectivity index (χ2n) is 8.66. The third-order valence-electron chi connectivity index (χ3n) is 6.98. The molecule has 1 aromatic carbocycles. The van der Waals surface area contributed by atoms with Crippen molar-refractivity contribution < 1.29 is 27.4 Å². The van der Waals surface area contributed by atoms with E-state index in [-0.39, 0.29) is 24.0 Å². The Morgan fingerprint density at radius 3 is 2.58 bits per heavy atom. The van der Waals surface area contributed by atoms with Crippen LogP contribution in [0.15, 0.2) is 60.9 Å². The number of carbonyl (C=O) groups excluding carboxylic acids is 1. The molecule has 1 aliphatic rings. The van der Waals surface area contributed by atoms with E-state index in [0.29, 0.717) is 17.7 Å². The van der Waals surface area contributed by atoms with Crippen molar-refractivity contribution in [1.29, 1.82) is 0 Å². The number of aryl methyl sites for hydroxylation is 1. The summed E-state index contributed by atoms with van der Waals surface area (Å²) < 4.78 is 38.7. The normalized spacial score (nSPS) is 19.0. The summed E-state index contributed by atoms with van der Waals surface area (Å²) in [7, 11) is 1.81. The molecule has 4 nitrogen and oxygen atoms in total. The van der Waals surface area contributed by atoms with Crippen molar-refractivity contribution in [3.05, 3.63) is 83.8 Å². The molecule has 0 N–H and O–H groups in total. The number of ether oxygens (including phenoxy) is 1. The molecule has 0 saturated heterocycles. The fourth-order valence-electron chi connectivity index (χ4n) is 5.47. The summed E-state index contributed by atoms with van der Waals surface area (Å²) in [6.45, 7) is 4.45. The van der Waals surface area contributed by atoms with Crippen LogP contribution in [0.5, 0.6) is 0 Å². The molecule has 6 heteroatoms. The summed E-state index contributed by atoms with van der Waals surface area (Å²) in [5.41, 5.74) is 2.08. The zero-order chi connectivity index (χ0) is 23.6. The van der Waals surface area contributed by atoms with Crippen molar-refractivity contribution in [1.82, 2.24) is 0 Å². The number of benzene rings is 1. The van der Waals surface area contributed by atoms with Crippen molar-refractivity contribution in [2.24, 2.45) is 7.05 Å². The molecule has 2 atom stereocenters. The number of halogens is 2. The molecule has 4 rings (SSSR count). The van der Waals surface area contributed by atoms with Gasteiger partial charge >= 0.3 is 5.97 Å². The van der Waals surface area contributed by atoms with Crippen LogP contribution >= 0.6 is 0 Å². The Morgan fingerprint density at radius 1 is 1.09 bits per heavy atom. The Balaban J connectivity index is 1.63. The van der Waals surface area contributed by atoms with E-state index in [0.717, 1.165) is 36.6 Å². The maximum Gasteiger partial charge on any atom is 0.403 e. The Morgan fingerprint density at radius 2 is 1.85 bits per heavy atom. The molecule has 0 saturated carbocycles. The number of esters is 1. The Hall–Kier alpha value is -3.15. The van der Waals surface area contributed by atoms with Gasteiger partial charge in [0, 0.05) is 49.1 Å². The van der Waals surface area contributed by atoms with Crippen molar-refractivity contribution in [3.8, 4) is 11.3 Å². The zero-order valence-electron chi connectivity index (χ0n) is 19.4. The van der Waals surface area contributed by atoms with Gasteiger partial charge in [0.05, 0.1) is 12.2 Å². The number of hydrogen-bond acceptors (Lipinski definition) is 2. The van der Waals surface area contributed by atoms with Crippen LogP contribution in [0.25, 0.3) is 11.3 Å². The first kappa shape index (κ1) is 23.0. The highest BCUT2D eigenvalue weighted by Gasteiger charge is 2.52. The van der Waals surface area contributed by atoms with Gasteiger partial charge in [-0.05, 0) is 36.6 Å². The molecule has 0 fully saturated rings. The van der Waals surface area contributed by atoms with Gasteiger partial charge in [-0.25, -0.2) is 13.6 Å². The van der Waals surface area contributed by atoms with E-state index < -0.39 is 11.6 Å². The number of rotatable bonds is 7. The van der Waals surface area contributed by atoms with Gasteiger partial charge in [0.2, 0.25) is 5.69 Å². The van der Waals surface area contributed by atoms with Crippen molar-refractivity contribution in [2.75, 3.05) is 6.61 Å². The molecule has 0 spiro atoms. The molecular weight excluding hydrogens is 422 g/mol. The number of pyridine rings is 2. The molecule has 0 amide bonds. The molecule has 0 aliphatic carbocycles. The molecule has 0 radical (unpaired) electrons. The van der Waals surface area contributed by atoms with Gasteiger partial charge in [0.1, 0.15) is 18.7 Å². The second-order valence-corrected chi connectivity index (χ2v) is 8.66. The second kappa shape index (κ2) is 9.38. The minimum Gasteiger partial charge on any atom is -0.458 e. The lowest BCUT2D eigenvalue weighted by Gasteiger charge is -2.40. The van der Waals surface area contributed by atoms with Crippen LogP contribution in [0, 0.1) is 11.6 Å². The van der Waals surface area contributed by atoms with E-state index in [2.05, 4.69) is 18.4 Å². The summed E-state index contributed by atoms with van der Waals surface area (Å²) in [5, 5.41) is 0. The number of carbonyl (C=O) groups is 1. The summed E-state index contributed by atoms with van der Waals surface area (Å²) in [4.78, 5) is 12.5. The fourth-order valence-corrected chi connectivity index (χ4v) is 5.47. The van der Waals surface area contributed by atoms with E-state index in [9.17, 15) is 13.6 Å². The van der Waals surface area contributed by atoms with E-state index in [1.165, 1.54) is 6.07 Å². The lowest BCUT2D eigenvalue weighted by atomic mass is 9.68. The average molecular weight is 453 g/mol. The number of fused-ring (bicyclic) bond motifs is 3. The minimum atomic E-state index is -0.552. The van der Waals surface area contributed by atoms with Crippen molar-refractivity contribution >= 4 is 5.97 Å². The highest BCUT2D eigenvalue weighted by Crippen LogP contribution is 2.48. The maximum absolute atomic E-state index is 15.0. The van der Waals surface area contributed by atoms with Crippen LogP contribution in [-0.2, 0) is 17.3 Å². The predicted molar refractivity (Wildman–Crippen MR) is 120 cm³/mol. The van der Waals surface area contributed by atoms with Crippen molar-refractivity contribution in [3.63, 3.8) is 0 Å². The SMILES string of the molecule is CCC1c2cc(F)cc(F)c2-c2cccc[n+]2C1(CC)CCCOC(=O)c1cccc[n+]1C. The standard InChI is InChI=1S/C27H30F2N2O2/c1-4-21-20-17-19(28)18-22(29)25(20)23-11-7-9-15-31(23)27(21,5-2)13-10-16-33-26(32)24-12-6-8-14-30(24)3/h6-9,11-12,14-15,17-18,21H,4-5,10,13,16H2,1-3H3/q+2. The van der Waals surface area contributed by atoms with Crippen molar-refractivity contribution in [2.45, 2.75) is 51.0 Å². The third-order valence-corrected chi connectivity index (χ3v) is 6.98. The van der Waals surface area contributed by atoms with Gasteiger partial charge in [-0.15, -0.1) is 0 Å². The fraction of sp³-hybridized carbons (Fsp3) is 0.370. The smallest absolute Gasteiger partial charge is 0.403 e. The van der Waals surface area contributed by atoms with Crippen LogP contribution in [0.1, 0.15) is 61.5 Å². The van der Waals surface area contributed by atoms with Crippen LogP contribution in [0.4, 0.5) is 8.78 Å². The quantitative estimate of drug-likeness (QED) is 0.287. The molecular formula is C27H30F2N2O2+2. The lowest BCUT2D eigenvalue weighted by Crippen LogP contribution is -2.62. The monoisotopic (exact) mass is 452 g/mol. The lowest BCUT2D eigenvalue weighted by molar-refractivity contribution is -0.763. The topological polar surface area (TPSA) is 34.1 Å². The number of hydrogen-bond donors (Lipinski definition) is 0. The van der Waals surface area contributed by atoms with Gasteiger partial charge in [-0.2, -0.15) is 9.13 Å². The molecule has 3 heterocycles. The van der Waals surface area contributed by atoms with Gasteiger partial charge in [-0.1, -0.05) is 13.8 Å². The Labute approximate surface area is 193 Å². The molecule has 172 valence electrons. The minimum absolute atomic E-state index is 0.0646. The first-order valence-electron chi connectivity index (χ1n) is 11.5. The largest absolute Gasteiger partial charge is 0.458 e. The summed E-state index contributed by atoms with van der Waals surface area (Å²) in [5.74, 6) is -1.51. The molecule has 2 aromatic heterocycles. The first-order valence-corrected chi connectivity index (χ1v) is 11.5.